The number of aliphatic hydroxyl groups is 2. The molecule has 11 nitrogen and oxygen atoms in total. The van der Waals surface area contributed by atoms with Crippen LogP contribution < -0.4 is 4.89 Å². The highest BCUT2D eigenvalue weighted by Crippen LogP contribution is 2.38. The van der Waals surface area contributed by atoms with Gasteiger partial charge in [-0.3, -0.25) is 14.2 Å². The molecule has 12 heteroatoms. The van der Waals surface area contributed by atoms with Crippen LogP contribution in [0.2, 0.25) is 0 Å². The average molecular weight is 924 g/mol. The van der Waals surface area contributed by atoms with Gasteiger partial charge in [-0.1, -0.05) is 184 Å². The lowest BCUT2D eigenvalue weighted by Gasteiger charge is -2.28. The van der Waals surface area contributed by atoms with Crippen molar-refractivity contribution in [3.63, 3.8) is 0 Å². The number of ether oxygens (including phenoxy) is 2. The molecule has 0 fully saturated rings. The molecule has 0 saturated carbocycles. The van der Waals surface area contributed by atoms with Gasteiger partial charge in [0, 0.05) is 12.8 Å². The van der Waals surface area contributed by atoms with Gasteiger partial charge < -0.3 is 38.1 Å². The van der Waals surface area contributed by atoms with Gasteiger partial charge in [0.25, 0.3) is 7.82 Å². The predicted molar refractivity (Wildman–Crippen MR) is 262 cm³/mol. The number of aliphatic hydroxyl groups excluding tert-OH is 2. The molecule has 0 aromatic rings. The van der Waals surface area contributed by atoms with Crippen molar-refractivity contribution >= 4 is 19.8 Å². The Balaban J connectivity index is 4.46. The van der Waals surface area contributed by atoms with Crippen molar-refractivity contribution in [2.24, 2.45) is 0 Å². The van der Waals surface area contributed by atoms with Gasteiger partial charge in [0.2, 0.25) is 0 Å². The first-order chi connectivity index (χ1) is 30.8. The number of likely N-dealkylation sites (N-methyl/N-ethyl adjacent to an activating group) is 1. The molecule has 0 bridgehead atoms. The van der Waals surface area contributed by atoms with E-state index >= 15 is 0 Å². The van der Waals surface area contributed by atoms with Crippen LogP contribution in [-0.2, 0) is 32.7 Å². The van der Waals surface area contributed by atoms with Crippen LogP contribution in [0.4, 0.5) is 0 Å². The molecule has 0 aliphatic rings. The Labute approximate surface area is 391 Å². The molecule has 0 aromatic heterocycles. The van der Waals surface area contributed by atoms with E-state index in [0.717, 1.165) is 44.9 Å². The molecule has 0 aliphatic carbocycles. The summed E-state index contributed by atoms with van der Waals surface area (Å²) in [4.78, 5) is 37.7. The summed E-state index contributed by atoms with van der Waals surface area (Å²) in [6, 6.07) is 0. The Morgan fingerprint density at radius 2 is 1.05 bits per heavy atom. The maximum atomic E-state index is 12.7. The molecule has 0 aliphatic heterocycles. The molecule has 1 unspecified atom stereocenters. The lowest BCUT2D eigenvalue weighted by molar-refractivity contribution is -0.870. The number of quaternary nitrogens is 1. The van der Waals surface area contributed by atoms with Crippen LogP contribution in [0.25, 0.3) is 0 Å². The molecule has 0 aromatic carbocycles. The van der Waals surface area contributed by atoms with Gasteiger partial charge in [-0.05, 0) is 57.8 Å². The second-order valence-corrected chi connectivity index (χ2v) is 19.6. The number of carbonyl (C=O) groups is 2. The van der Waals surface area contributed by atoms with Gasteiger partial charge in [-0.25, -0.2) is 0 Å². The first-order valence-electron chi connectivity index (χ1n) is 25.2. The molecule has 2 N–H and O–H groups in total. The third-order valence-electron chi connectivity index (χ3n) is 10.7. The molecule has 0 saturated heterocycles. The van der Waals surface area contributed by atoms with Crippen LogP contribution in [0.15, 0.2) is 60.8 Å². The fourth-order valence-electron chi connectivity index (χ4n) is 6.69. The van der Waals surface area contributed by atoms with E-state index < -0.39 is 44.7 Å². The van der Waals surface area contributed by atoms with Crippen molar-refractivity contribution in [2.75, 3.05) is 47.5 Å². The van der Waals surface area contributed by atoms with Gasteiger partial charge in [0.15, 0.2) is 6.10 Å². The normalized spacial score (nSPS) is 14.9. The van der Waals surface area contributed by atoms with E-state index in [4.69, 9.17) is 18.5 Å². The van der Waals surface area contributed by atoms with Crippen LogP contribution in [0, 0.1) is 0 Å². The minimum Gasteiger partial charge on any atom is -0.756 e. The molecule has 372 valence electrons. The summed E-state index contributed by atoms with van der Waals surface area (Å²) in [7, 11) is 1.03. The van der Waals surface area contributed by atoms with Crippen molar-refractivity contribution in [3.8, 4) is 0 Å². The van der Waals surface area contributed by atoms with Crippen LogP contribution in [0.1, 0.15) is 194 Å². The van der Waals surface area contributed by atoms with Crippen LogP contribution in [0.3, 0.4) is 0 Å². The van der Waals surface area contributed by atoms with Gasteiger partial charge in [0.1, 0.15) is 19.8 Å². The second-order valence-electron chi connectivity index (χ2n) is 18.2. The zero-order valence-electron chi connectivity index (χ0n) is 41.2. The number of rotatable bonds is 45. The Hall–Kier alpha value is -2.37. The van der Waals surface area contributed by atoms with E-state index in [9.17, 15) is 29.3 Å². The monoisotopic (exact) mass is 924 g/mol. The van der Waals surface area contributed by atoms with Gasteiger partial charge in [-0.2, -0.15) is 0 Å². The number of phosphoric acid groups is 1. The number of hydrogen-bond donors (Lipinski definition) is 2. The molecule has 0 spiro atoms. The molecule has 64 heavy (non-hydrogen) atoms. The summed E-state index contributed by atoms with van der Waals surface area (Å²) in [6.45, 7) is 3.87. The number of hydrogen-bond acceptors (Lipinski definition) is 10. The first kappa shape index (κ1) is 61.6. The number of nitrogens with zero attached hydrogens (tertiary/aromatic N) is 1. The number of unbranched alkanes of at least 4 members (excludes halogenated alkanes) is 19. The van der Waals surface area contributed by atoms with Crippen molar-refractivity contribution in [3.05, 3.63) is 60.8 Å². The highest BCUT2D eigenvalue weighted by molar-refractivity contribution is 7.45. The molecular formula is C52H94NO10P. The number of phosphoric ester groups is 1. The fraction of sp³-hybridized carbons (Fsp3) is 0.769. The van der Waals surface area contributed by atoms with Crippen LogP contribution in [0.5, 0.6) is 0 Å². The van der Waals surface area contributed by atoms with Crippen molar-refractivity contribution < 1.29 is 52.3 Å². The Morgan fingerprint density at radius 1 is 0.578 bits per heavy atom. The second kappa shape index (κ2) is 43.2. The largest absolute Gasteiger partial charge is 0.756 e. The molecule has 0 radical (unpaired) electrons. The fourth-order valence-corrected chi connectivity index (χ4v) is 7.42. The first-order valence-corrected chi connectivity index (χ1v) is 26.7. The average Bonchev–Trinajstić information content (AvgIpc) is 3.24. The Bertz CT molecular complexity index is 1310. The summed E-state index contributed by atoms with van der Waals surface area (Å²) < 4.78 is 33.8. The predicted octanol–water partition coefficient (Wildman–Crippen LogP) is 12.1. The Kier molecular flexibility index (Phi) is 41.6. The maximum Gasteiger partial charge on any atom is 0.306 e. The van der Waals surface area contributed by atoms with E-state index in [0.29, 0.717) is 36.7 Å². The topological polar surface area (TPSA) is 152 Å². The summed E-state index contributed by atoms with van der Waals surface area (Å²) in [5, 5.41) is 20.2. The Morgan fingerprint density at radius 3 is 1.58 bits per heavy atom. The molecular weight excluding hydrogens is 830 g/mol. The summed E-state index contributed by atoms with van der Waals surface area (Å²) >= 11 is 0. The molecule has 0 heterocycles. The highest BCUT2D eigenvalue weighted by atomic mass is 31.2. The van der Waals surface area contributed by atoms with Crippen LogP contribution >= 0.6 is 7.82 Å². The van der Waals surface area contributed by atoms with Crippen LogP contribution in [-0.4, -0.2) is 92.5 Å². The SMILES string of the molecule is CCCCCCCC/C=C\CCCCCCCCCCCCCC(=O)O[C@H](COC(=O)CCC[C@@H](O)/C=C/C=C\C/C=C\C=C\[C@@H](O)CCCCC)COP(=O)([O-])OCC[N+](C)(C)C. The van der Waals surface area contributed by atoms with Crippen molar-refractivity contribution in [1.82, 2.24) is 0 Å². The van der Waals surface area contributed by atoms with Crippen molar-refractivity contribution in [1.29, 1.82) is 0 Å². The molecule has 0 rings (SSSR count). The lowest BCUT2D eigenvalue weighted by Crippen LogP contribution is -2.37. The number of allylic oxidation sites excluding steroid dienone is 8. The maximum absolute atomic E-state index is 12.7. The van der Waals surface area contributed by atoms with Gasteiger partial charge in [0.05, 0.1) is 40.0 Å². The zero-order chi connectivity index (χ0) is 47.4. The van der Waals surface area contributed by atoms with Gasteiger partial charge in [-0.15, -0.1) is 0 Å². The minimum atomic E-state index is -4.69. The summed E-state index contributed by atoms with van der Waals surface area (Å²) in [6.07, 6.45) is 46.1. The van der Waals surface area contributed by atoms with E-state index in [-0.39, 0.29) is 26.1 Å². The van der Waals surface area contributed by atoms with E-state index in [1.807, 2.05) is 51.5 Å². The smallest absolute Gasteiger partial charge is 0.306 e. The van der Waals surface area contributed by atoms with E-state index in [1.54, 1.807) is 18.2 Å². The molecule has 0 amide bonds. The summed E-state index contributed by atoms with van der Waals surface area (Å²) in [5.41, 5.74) is 0. The quantitative estimate of drug-likeness (QED) is 0.0151. The number of carbonyl (C=O) groups excluding carboxylic acids is 2. The minimum absolute atomic E-state index is 0.0271. The summed E-state index contributed by atoms with van der Waals surface area (Å²) in [5.74, 6) is -1.06. The van der Waals surface area contributed by atoms with E-state index in [2.05, 4.69) is 26.0 Å². The third-order valence-corrected chi connectivity index (χ3v) is 11.7. The van der Waals surface area contributed by atoms with Crippen molar-refractivity contribution in [2.45, 2.75) is 212 Å². The zero-order valence-corrected chi connectivity index (χ0v) is 42.1. The number of esters is 2. The molecule has 4 atom stereocenters. The standard InChI is InChI=1S/C52H94NO10P/c1-6-8-10-11-12-13-14-15-16-17-18-19-20-21-22-23-24-25-29-32-36-42-52(57)63-50(47-62-64(58,59)61-45-44-53(3,4)5)46-60-51(56)43-37-41-49(55)40-35-31-28-26-27-30-34-39-48(54)38-33-9-7-2/h15-16,27-28,30-31,34-35,39-40,48-50,54-55H,6-14,17-26,29,32-33,36-38,41-47H2,1-5H3/b16-15-,30-27-,31-28-,39-34+,40-35+/t48-,49-,50+/m0/s1. The lowest BCUT2D eigenvalue weighted by atomic mass is 10.0. The van der Waals surface area contributed by atoms with Gasteiger partial charge >= 0.3 is 11.9 Å². The van der Waals surface area contributed by atoms with E-state index in [1.165, 1.54) is 96.3 Å². The highest BCUT2D eigenvalue weighted by Gasteiger charge is 2.22. The third kappa shape index (κ3) is 46.2.